The summed E-state index contributed by atoms with van der Waals surface area (Å²) in [6.07, 6.45) is -2.94. The van der Waals surface area contributed by atoms with Gasteiger partial charge in [-0.05, 0) is 30.3 Å². The molecule has 0 atom stereocenters. The first-order valence-electron chi connectivity index (χ1n) is 5.84. The van der Waals surface area contributed by atoms with Gasteiger partial charge >= 0.3 is 6.18 Å². The molecular formula is C15H8F3N2. The zero-order valence-electron chi connectivity index (χ0n) is 10.1. The monoisotopic (exact) mass is 273 g/mol. The Balaban J connectivity index is 2.12. The third kappa shape index (κ3) is 2.22. The van der Waals surface area contributed by atoms with E-state index in [1.165, 1.54) is 18.5 Å². The zero-order chi connectivity index (χ0) is 14.2. The van der Waals surface area contributed by atoms with E-state index in [2.05, 4.69) is 16.0 Å². The smallest absolute Gasteiger partial charge is 0.236 e. The van der Waals surface area contributed by atoms with Gasteiger partial charge in [0.15, 0.2) is 0 Å². The van der Waals surface area contributed by atoms with Crippen LogP contribution in [0.25, 0.3) is 22.2 Å². The molecule has 3 rings (SSSR count). The lowest BCUT2D eigenvalue weighted by Crippen LogP contribution is -2.04. The highest BCUT2D eigenvalue weighted by Crippen LogP contribution is 2.31. The van der Waals surface area contributed by atoms with Crippen LogP contribution in [0.3, 0.4) is 0 Å². The van der Waals surface area contributed by atoms with Gasteiger partial charge < -0.3 is 0 Å². The maximum Gasteiger partial charge on any atom is 0.416 e. The summed E-state index contributed by atoms with van der Waals surface area (Å²) < 4.78 is 37.6. The van der Waals surface area contributed by atoms with Crippen molar-refractivity contribution in [2.24, 2.45) is 0 Å². The molecule has 99 valence electrons. The molecule has 5 heteroatoms. The van der Waals surface area contributed by atoms with Crippen molar-refractivity contribution in [2.75, 3.05) is 0 Å². The molecule has 2 aromatic carbocycles. The molecule has 0 saturated heterocycles. The summed E-state index contributed by atoms with van der Waals surface area (Å²) in [5, 5.41) is 0.783. The van der Waals surface area contributed by atoms with E-state index in [0.29, 0.717) is 16.8 Å². The summed E-state index contributed by atoms with van der Waals surface area (Å²) in [5.41, 5.74) is 1.26. The predicted octanol–water partition coefficient (Wildman–Crippen LogP) is 4.12. The van der Waals surface area contributed by atoms with E-state index < -0.39 is 11.7 Å². The van der Waals surface area contributed by atoms with E-state index in [4.69, 9.17) is 0 Å². The van der Waals surface area contributed by atoms with Crippen molar-refractivity contribution in [3.63, 3.8) is 0 Å². The Labute approximate surface area is 112 Å². The summed E-state index contributed by atoms with van der Waals surface area (Å²) in [7, 11) is 0. The van der Waals surface area contributed by atoms with Crippen molar-refractivity contribution < 1.29 is 13.2 Å². The lowest BCUT2D eigenvalue weighted by Gasteiger charge is -2.08. The molecular weight excluding hydrogens is 265 g/mol. The van der Waals surface area contributed by atoms with Crippen molar-refractivity contribution in [2.45, 2.75) is 6.18 Å². The van der Waals surface area contributed by atoms with Gasteiger partial charge in [-0.3, -0.25) is 0 Å². The van der Waals surface area contributed by atoms with Crippen molar-refractivity contribution >= 4 is 10.9 Å². The SMILES string of the molecule is FC(F)(F)c1ccc(-c2ncnc3c[c]ccc23)cc1. The number of aromatic nitrogens is 2. The molecule has 1 heterocycles. The average molecular weight is 273 g/mol. The van der Waals surface area contributed by atoms with Gasteiger partial charge in [-0.2, -0.15) is 13.2 Å². The van der Waals surface area contributed by atoms with Gasteiger partial charge in [-0.15, -0.1) is 0 Å². The third-order valence-corrected chi connectivity index (χ3v) is 2.97. The second-order valence-corrected chi connectivity index (χ2v) is 4.24. The molecule has 0 spiro atoms. The summed E-state index contributed by atoms with van der Waals surface area (Å²) in [6, 6.07) is 13.1. The maximum absolute atomic E-state index is 12.5. The number of benzene rings is 2. The molecule has 3 aromatic rings. The Bertz CT molecular complexity index is 744. The topological polar surface area (TPSA) is 25.8 Å². The van der Waals surface area contributed by atoms with Crippen LogP contribution in [0.15, 0.2) is 48.8 Å². The lowest BCUT2D eigenvalue weighted by molar-refractivity contribution is -0.137. The fourth-order valence-corrected chi connectivity index (χ4v) is 1.99. The fraction of sp³-hybridized carbons (Fsp3) is 0.0667. The Morgan fingerprint density at radius 2 is 1.70 bits per heavy atom. The summed E-state index contributed by atoms with van der Waals surface area (Å²) in [5.74, 6) is 0. The van der Waals surface area contributed by atoms with Gasteiger partial charge in [0, 0.05) is 10.9 Å². The highest BCUT2D eigenvalue weighted by molar-refractivity contribution is 5.91. The van der Waals surface area contributed by atoms with Crippen LogP contribution in [0.2, 0.25) is 0 Å². The Morgan fingerprint density at radius 3 is 2.40 bits per heavy atom. The molecule has 0 aliphatic heterocycles. The number of fused-ring (bicyclic) bond motifs is 1. The van der Waals surface area contributed by atoms with Crippen LogP contribution in [-0.4, -0.2) is 9.97 Å². The molecule has 0 unspecified atom stereocenters. The van der Waals surface area contributed by atoms with Crippen molar-refractivity contribution in [3.05, 3.63) is 60.4 Å². The van der Waals surface area contributed by atoms with Gasteiger partial charge in [0.1, 0.15) is 6.33 Å². The van der Waals surface area contributed by atoms with Gasteiger partial charge in [0.25, 0.3) is 0 Å². The predicted molar refractivity (Wildman–Crippen MR) is 68.8 cm³/mol. The van der Waals surface area contributed by atoms with E-state index in [1.54, 1.807) is 18.2 Å². The maximum atomic E-state index is 12.5. The Morgan fingerprint density at radius 1 is 0.950 bits per heavy atom. The van der Waals surface area contributed by atoms with Crippen molar-refractivity contribution in [3.8, 4) is 11.3 Å². The molecule has 0 amide bonds. The second-order valence-electron chi connectivity index (χ2n) is 4.24. The van der Waals surface area contributed by atoms with Crippen LogP contribution in [-0.2, 0) is 6.18 Å². The standard InChI is InChI=1S/C15H8F3N2/c16-15(17,18)11-7-5-10(6-8-11)14-12-3-1-2-4-13(12)19-9-20-14/h1,3-9H. The molecule has 0 N–H and O–H groups in total. The van der Waals surface area contributed by atoms with Crippen LogP contribution in [0.4, 0.5) is 13.2 Å². The van der Waals surface area contributed by atoms with E-state index in [0.717, 1.165) is 17.5 Å². The van der Waals surface area contributed by atoms with Crippen molar-refractivity contribution in [1.29, 1.82) is 0 Å². The number of hydrogen-bond acceptors (Lipinski definition) is 2. The molecule has 1 aromatic heterocycles. The number of rotatable bonds is 1. The Hall–Kier alpha value is -2.43. The average Bonchev–Trinajstić information content (AvgIpc) is 2.46. The van der Waals surface area contributed by atoms with Crippen molar-refractivity contribution in [1.82, 2.24) is 9.97 Å². The molecule has 0 aliphatic carbocycles. The first-order valence-corrected chi connectivity index (χ1v) is 5.84. The molecule has 1 radical (unpaired) electrons. The number of hydrogen-bond donors (Lipinski definition) is 0. The minimum Gasteiger partial charge on any atom is -0.236 e. The number of nitrogens with zero attached hydrogens (tertiary/aromatic N) is 2. The molecule has 0 aliphatic rings. The first kappa shape index (κ1) is 12.6. The molecule has 0 bridgehead atoms. The van der Waals surface area contributed by atoms with Gasteiger partial charge in [-0.1, -0.05) is 18.2 Å². The Kier molecular flexibility index (Phi) is 2.89. The van der Waals surface area contributed by atoms with Gasteiger partial charge in [0.05, 0.1) is 16.8 Å². The van der Waals surface area contributed by atoms with Gasteiger partial charge in [0.2, 0.25) is 0 Å². The minimum atomic E-state index is -4.33. The minimum absolute atomic E-state index is 0.609. The summed E-state index contributed by atoms with van der Waals surface area (Å²) in [4.78, 5) is 8.26. The van der Waals surface area contributed by atoms with Crippen LogP contribution >= 0.6 is 0 Å². The van der Waals surface area contributed by atoms with E-state index in [1.807, 2.05) is 0 Å². The third-order valence-electron chi connectivity index (χ3n) is 2.97. The normalized spacial score (nSPS) is 11.8. The summed E-state index contributed by atoms with van der Waals surface area (Å²) >= 11 is 0. The molecule has 20 heavy (non-hydrogen) atoms. The van der Waals surface area contributed by atoms with Gasteiger partial charge in [-0.25, -0.2) is 9.97 Å². The molecule has 2 nitrogen and oxygen atoms in total. The molecule has 0 saturated carbocycles. The number of alkyl halides is 3. The van der Waals surface area contributed by atoms with Crippen LogP contribution in [0.5, 0.6) is 0 Å². The zero-order valence-corrected chi connectivity index (χ0v) is 10.1. The second kappa shape index (κ2) is 4.59. The highest BCUT2D eigenvalue weighted by Gasteiger charge is 2.30. The van der Waals surface area contributed by atoms with Crippen LogP contribution in [0.1, 0.15) is 5.56 Å². The van der Waals surface area contributed by atoms with Crippen LogP contribution in [0, 0.1) is 6.07 Å². The fourth-order valence-electron chi connectivity index (χ4n) is 1.99. The summed E-state index contributed by atoms with van der Waals surface area (Å²) in [6.45, 7) is 0. The van der Waals surface area contributed by atoms with E-state index >= 15 is 0 Å². The molecule has 0 fully saturated rings. The quantitative estimate of drug-likeness (QED) is 0.666. The largest absolute Gasteiger partial charge is 0.416 e. The van der Waals surface area contributed by atoms with E-state index in [9.17, 15) is 13.2 Å². The first-order chi connectivity index (χ1) is 9.55. The number of halogens is 3. The van der Waals surface area contributed by atoms with E-state index in [-0.39, 0.29) is 0 Å². The van der Waals surface area contributed by atoms with Crippen LogP contribution < -0.4 is 0 Å². The lowest BCUT2D eigenvalue weighted by atomic mass is 10.0. The highest BCUT2D eigenvalue weighted by atomic mass is 19.4.